The van der Waals surface area contributed by atoms with E-state index in [9.17, 15) is 0 Å². The molecule has 0 bridgehead atoms. The van der Waals surface area contributed by atoms with Gasteiger partial charge in [-0.25, -0.2) is 0 Å². The van der Waals surface area contributed by atoms with Gasteiger partial charge in [0.25, 0.3) is 0 Å². The van der Waals surface area contributed by atoms with Gasteiger partial charge in [-0.15, -0.1) is 11.6 Å². The second-order valence-electron chi connectivity index (χ2n) is 4.19. The van der Waals surface area contributed by atoms with Gasteiger partial charge in [0, 0.05) is 10.0 Å². The number of alkyl halides is 1. The lowest BCUT2D eigenvalue weighted by atomic mass is 10.0. The smallest absolute Gasteiger partial charge is 0.118 e. The highest BCUT2D eigenvalue weighted by atomic mass is 35.5. The largest absolute Gasteiger partial charge is 0.497 e. The van der Waals surface area contributed by atoms with Crippen LogP contribution in [0.1, 0.15) is 16.5 Å². The maximum atomic E-state index is 6.41. The summed E-state index contributed by atoms with van der Waals surface area (Å²) in [7, 11) is 1.65. The quantitative estimate of drug-likeness (QED) is 0.675. The van der Waals surface area contributed by atoms with E-state index in [1.54, 1.807) is 19.2 Å². The molecule has 19 heavy (non-hydrogen) atoms. The molecule has 1 unspecified atom stereocenters. The minimum atomic E-state index is -0.182. The summed E-state index contributed by atoms with van der Waals surface area (Å²) in [5.74, 6) is 0.833. The van der Waals surface area contributed by atoms with Crippen molar-refractivity contribution >= 4 is 34.8 Å². The predicted octanol–water partition coefficient (Wildman–Crippen LogP) is 5.52. The van der Waals surface area contributed by atoms with Gasteiger partial charge in [0.1, 0.15) is 5.75 Å². The Labute approximate surface area is 128 Å². The van der Waals surface area contributed by atoms with Crippen molar-refractivity contribution in [1.29, 1.82) is 0 Å². The van der Waals surface area contributed by atoms with Crippen molar-refractivity contribution in [3.8, 4) is 5.75 Å². The van der Waals surface area contributed by atoms with Crippen LogP contribution in [0.2, 0.25) is 10.0 Å². The van der Waals surface area contributed by atoms with Crippen molar-refractivity contribution in [3.63, 3.8) is 0 Å². The van der Waals surface area contributed by atoms with Gasteiger partial charge in [0.05, 0.1) is 12.5 Å². The molecule has 0 aliphatic carbocycles. The molecule has 2 rings (SSSR count). The van der Waals surface area contributed by atoms with Crippen LogP contribution in [0.5, 0.6) is 5.75 Å². The van der Waals surface area contributed by atoms with Gasteiger partial charge >= 0.3 is 0 Å². The first-order valence-corrected chi connectivity index (χ1v) is 7.01. The van der Waals surface area contributed by atoms with Crippen LogP contribution in [-0.2, 0) is 6.42 Å². The molecular weight excluding hydrogens is 303 g/mol. The fourth-order valence-electron chi connectivity index (χ4n) is 1.83. The average molecular weight is 316 g/mol. The van der Waals surface area contributed by atoms with E-state index in [0.717, 1.165) is 16.9 Å². The highest BCUT2D eigenvalue weighted by molar-refractivity contribution is 6.35. The monoisotopic (exact) mass is 314 g/mol. The first-order chi connectivity index (χ1) is 9.10. The van der Waals surface area contributed by atoms with Crippen LogP contribution in [-0.4, -0.2) is 7.11 Å². The third kappa shape index (κ3) is 3.79. The molecule has 0 aromatic heterocycles. The van der Waals surface area contributed by atoms with E-state index in [4.69, 9.17) is 39.5 Å². The Morgan fingerprint density at radius 2 is 1.74 bits per heavy atom. The van der Waals surface area contributed by atoms with Crippen molar-refractivity contribution in [2.75, 3.05) is 7.11 Å². The van der Waals surface area contributed by atoms with Gasteiger partial charge in [-0.2, -0.15) is 0 Å². The predicted molar refractivity (Wildman–Crippen MR) is 81.8 cm³/mol. The zero-order valence-corrected chi connectivity index (χ0v) is 12.6. The third-order valence-corrected chi connectivity index (χ3v) is 3.83. The number of hydrogen-bond acceptors (Lipinski definition) is 1. The average Bonchev–Trinajstić information content (AvgIpc) is 2.39. The van der Waals surface area contributed by atoms with Crippen LogP contribution in [0.15, 0.2) is 42.5 Å². The van der Waals surface area contributed by atoms with E-state index in [1.807, 2.05) is 30.3 Å². The maximum Gasteiger partial charge on any atom is 0.118 e. The van der Waals surface area contributed by atoms with Crippen LogP contribution in [0.25, 0.3) is 0 Å². The van der Waals surface area contributed by atoms with E-state index in [-0.39, 0.29) is 5.38 Å². The van der Waals surface area contributed by atoms with E-state index in [2.05, 4.69) is 0 Å². The summed E-state index contributed by atoms with van der Waals surface area (Å²) in [5, 5.41) is 1.03. The molecule has 0 aliphatic heterocycles. The normalized spacial score (nSPS) is 12.2. The van der Waals surface area contributed by atoms with Crippen molar-refractivity contribution in [2.45, 2.75) is 11.8 Å². The van der Waals surface area contributed by atoms with Crippen LogP contribution in [0.3, 0.4) is 0 Å². The molecule has 2 aromatic rings. The zero-order valence-electron chi connectivity index (χ0n) is 10.4. The number of halogens is 3. The molecule has 0 aliphatic rings. The van der Waals surface area contributed by atoms with E-state index in [0.29, 0.717) is 16.5 Å². The van der Waals surface area contributed by atoms with Crippen molar-refractivity contribution in [2.24, 2.45) is 0 Å². The molecule has 4 heteroatoms. The van der Waals surface area contributed by atoms with Crippen molar-refractivity contribution < 1.29 is 4.74 Å². The molecular formula is C15H13Cl3O. The lowest BCUT2D eigenvalue weighted by Gasteiger charge is -2.12. The van der Waals surface area contributed by atoms with Crippen LogP contribution in [0, 0.1) is 0 Å². The highest BCUT2D eigenvalue weighted by Gasteiger charge is 2.13. The second kappa shape index (κ2) is 6.51. The van der Waals surface area contributed by atoms with Gasteiger partial charge in [-0.05, 0) is 41.8 Å². The Hall–Kier alpha value is -0.890. The minimum Gasteiger partial charge on any atom is -0.497 e. The molecule has 0 spiro atoms. The Morgan fingerprint density at radius 3 is 2.32 bits per heavy atom. The standard InChI is InChI=1S/C15H13Cl3O/c1-19-12-5-2-10(3-6-12)8-14(17)13-7-4-11(16)9-15(13)18/h2-7,9,14H,8H2,1H3. The van der Waals surface area contributed by atoms with Crippen LogP contribution < -0.4 is 4.74 Å². The summed E-state index contributed by atoms with van der Waals surface area (Å²) in [6.45, 7) is 0. The lowest BCUT2D eigenvalue weighted by Crippen LogP contribution is -1.97. The van der Waals surface area contributed by atoms with E-state index in [1.165, 1.54) is 0 Å². The number of rotatable bonds is 4. The zero-order chi connectivity index (χ0) is 13.8. The summed E-state index contributed by atoms with van der Waals surface area (Å²) in [5.41, 5.74) is 2.02. The summed E-state index contributed by atoms with van der Waals surface area (Å²) < 4.78 is 5.12. The van der Waals surface area contributed by atoms with Gasteiger partial charge in [-0.3, -0.25) is 0 Å². The minimum absolute atomic E-state index is 0.182. The van der Waals surface area contributed by atoms with E-state index < -0.39 is 0 Å². The Morgan fingerprint density at radius 1 is 1.05 bits per heavy atom. The van der Waals surface area contributed by atoms with Gasteiger partial charge in [0.2, 0.25) is 0 Å². The molecule has 100 valence electrons. The van der Waals surface area contributed by atoms with Gasteiger partial charge < -0.3 is 4.74 Å². The first-order valence-electron chi connectivity index (χ1n) is 5.82. The maximum absolute atomic E-state index is 6.41. The Balaban J connectivity index is 2.13. The van der Waals surface area contributed by atoms with Gasteiger partial charge in [-0.1, -0.05) is 41.4 Å². The van der Waals surface area contributed by atoms with Crippen molar-refractivity contribution in [3.05, 3.63) is 63.6 Å². The Bertz CT molecular complexity index is 552. The topological polar surface area (TPSA) is 9.23 Å². The second-order valence-corrected chi connectivity index (χ2v) is 5.56. The first kappa shape index (κ1) is 14.5. The molecule has 1 atom stereocenters. The molecule has 2 aromatic carbocycles. The number of hydrogen-bond donors (Lipinski definition) is 0. The molecule has 0 N–H and O–H groups in total. The van der Waals surface area contributed by atoms with Crippen LogP contribution >= 0.6 is 34.8 Å². The fraction of sp³-hybridized carbons (Fsp3) is 0.200. The number of ether oxygens (including phenoxy) is 1. The van der Waals surface area contributed by atoms with Gasteiger partial charge in [0.15, 0.2) is 0 Å². The lowest BCUT2D eigenvalue weighted by molar-refractivity contribution is 0.414. The van der Waals surface area contributed by atoms with Crippen LogP contribution in [0.4, 0.5) is 0 Å². The highest BCUT2D eigenvalue weighted by Crippen LogP contribution is 2.32. The SMILES string of the molecule is COc1ccc(CC(Cl)c2ccc(Cl)cc2Cl)cc1. The molecule has 0 heterocycles. The summed E-state index contributed by atoms with van der Waals surface area (Å²) in [6.07, 6.45) is 0.701. The van der Waals surface area contributed by atoms with Crippen molar-refractivity contribution in [1.82, 2.24) is 0 Å². The summed E-state index contributed by atoms with van der Waals surface area (Å²) >= 11 is 18.4. The summed E-state index contributed by atoms with van der Waals surface area (Å²) in [4.78, 5) is 0. The number of methoxy groups -OCH3 is 1. The fourth-order valence-corrected chi connectivity index (χ4v) is 2.80. The number of benzene rings is 2. The molecule has 0 amide bonds. The third-order valence-electron chi connectivity index (χ3n) is 2.87. The molecule has 0 saturated heterocycles. The summed E-state index contributed by atoms with van der Waals surface area (Å²) in [6, 6.07) is 13.2. The molecule has 0 saturated carbocycles. The molecule has 1 nitrogen and oxygen atoms in total. The van der Waals surface area contributed by atoms with E-state index >= 15 is 0 Å². The molecule has 0 fully saturated rings. The Kier molecular flexibility index (Phi) is 4.98. The molecule has 0 radical (unpaired) electrons.